The van der Waals surface area contributed by atoms with Crippen molar-refractivity contribution < 1.29 is 0 Å². The monoisotopic (exact) mass is 252 g/mol. The van der Waals surface area contributed by atoms with Gasteiger partial charge in [-0.1, -0.05) is 17.7 Å². The molecule has 0 fully saturated rings. The minimum Gasteiger partial charge on any atom is -0.399 e. The number of nitrogens with two attached hydrogens (primary N) is 1. The molecule has 1 heterocycles. The summed E-state index contributed by atoms with van der Waals surface area (Å²) in [6, 6.07) is 6.12. The Morgan fingerprint density at radius 1 is 1.50 bits per heavy atom. The molecule has 0 aliphatic heterocycles. The van der Waals surface area contributed by atoms with E-state index in [1.165, 1.54) is 15.8 Å². The van der Waals surface area contributed by atoms with E-state index in [1.54, 1.807) is 11.8 Å². The first-order valence-electron chi connectivity index (χ1n) is 4.94. The lowest BCUT2D eigenvalue weighted by Crippen LogP contribution is -1.94. The van der Waals surface area contributed by atoms with Crippen LogP contribution in [0.1, 0.15) is 0 Å². The molecular weight excluding hydrogens is 240 g/mol. The van der Waals surface area contributed by atoms with E-state index in [-0.39, 0.29) is 0 Å². The standard InChI is InChI=1S/C12H13ClN2S/c1-16-12-8-9(14)7-11-10(12)3-6-15(11)5-2-4-13/h2-4,6-8H,5,14H2,1H3/b4-2+. The summed E-state index contributed by atoms with van der Waals surface area (Å²) < 4.78 is 2.13. The lowest BCUT2D eigenvalue weighted by atomic mass is 10.2. The average Bonchev–Trinajstić information content (AvgIpc) is 2.68. The van der Waals surface area contributed by atoms with Gasteiger partial charge < -0.3 is 10.3 Å². The highest BCUT2D eigenvalue weighted by Gasteiger charge is 2.05. The number of nitrogen functional groups attached to an aromatic ring is 1. The van der Waals surface area contributed by atoms with Crippen LogP contribution < -0.4 is 5.73 Å². The third-order valence-corrected chi connectivity index (χ3v) is 3.44. The molecule has 0 spiro atoms. The lowest BCUT2D eigenvalue weighted by Gasteiger charge is -2.05. The molecule has 2 aromatic rings. The Morgan fingerprint density at radius 2 is 2.31 bits per heavy atom. The predicted octanol–water partition coefficient (Wildman–Crippen LogP) is 3.70. The van der Waals surface area contributed by atoms with Gasteiger partial charge in [0.2, 0.25) is 0 Å². The Balaban J connectivity index is 2.57. The van der Waals surface area contributed by atoms with Gasteiger partial charge in [-0.05, 0) is 24.5 Å². The van der Waals surface area contributed by atoms with Crippen molar-refractivity contribution in [1.29, 1.82) is 0 Å². The number of rotatable bonds is 3. The molecule has 0 unspecified atom stereocenters. The fraction of sp³-hybridized carbons (Fsp3) is 0.167. The van der Waals surface area contributed by atoms with Gasteiger partial charge in [-0.3, -0.25) is 0 Å². The largest absolute Gasteiger partial charge is 0.399 e. The van der Waals surface area contributed by atoms with Gasteiger partial charge in [0.05, 0.1) is 5.52 Å². The van der Waals surface area contributed by atoms with Crippen molar-refractivity contribution >= 4 is 40.0 Å². The zero-order valence-corrected chi connectivity index (χ0v) is 10.6. The van der Waals surface area contributed by atoms with E-state index in [9.17, 15) is 0 Å². The first-order valence-corrected chi connectivity index (χ1v) is 6.60. The van der Waals surface area contributed by atoms with Crippen LogP contribution in [0.3, 0.4) is 0 Å². The smallest absolute Gasteiger partial charge is 0.0515 e. The molecule has 0 atom stereocenters. The quantitative estimate of drug-likeness (QED) is 0.667. The molecule has 2 nitrogen and oxygen atoms in total. The van der Waals surface area contributed by atoms with E-state index in [2.05, 4.69) is 23.1 Å². The van der Waals surface area contributed by atoms with E-state index < -0.39 is 0 Å². The third kappa shape index (κ3) is 2.06. The maximum absolute atomic E-state index is 5.89. The highest BCUT2D eigenvalue weighted by Crippen LogP contribution is 2.30. The maximum atomic E-state index is 5.89. The molecule has 0 saturated heterocycles. The van der Waals surface area contributed by atoms with Crippen LogP contribution in [0.15, 0.2) is 40.9 Å². The Bertz CT molecular complexity index is 531. The van der Waals surface area contributed by atoms with Crippen LogP contribution in [-0.4, -0.2) is 10.8 Å². The summed E-state index contributed by atoms with van der Waals surface area (Å²) in [5.74, 6) is 0. The molecule has 1 aromatic carbocycles. The summed E-state index contributed by atoms with van der Waals surface area (Å²) in [5.41, 5.74) is 9.37. The van der Waals surface area contributed by atoms with Gasteiger partial charge in [0.1, 0.15) is 0 Å². The van der Waals surface area contributed by atoms with Crippen molar-refractivity contribution in [3.05, 3.63) is 36.0 Å². The zero-order chi connectivity index (χ0) is 11.5. The summed E-state index contributed by atoms with van der Waals surface area (Å²) in [6.07, 6.45) is 6.02. The van der Waals surface area contributed by atoms with Crippen LogP contribution in [0.5, 0.6) is 0 Å². The van der Waals surface area contributed by atoms with Crippen LogP contribution in [0.25, 0.3) is 10.9 Å². The zero-order valence-electron chi connectivity index (χ0n) is 8.98. The Labute approximate surface area is 104 Å². The summed E-state index contributed by atoms with van der Waals surface area (Å²) in [6.45, 7) is 0.768. The van der Waals surface area contributed by atoms with Crippen molar-refractivity contribution in [2.75, 3.05) is 12.0 Å². The summed E-state index contributed by atoms with van der Waals surface area (Å²) >= 11 is 7.25. The second-order valence-corrected chi connectivity index (χ2v) is 4.59. The topological polar surface area (TPSA) is 30.9 Å². The maximum Gasteiger partial charge on any atom is 0.0515 e. The van der Waals surface area contributed by atoms with Crippen LogP contribution >= 0.6 is 23.4 Å². The molecule has 16 heavy (non-hydrogen) atoms. The molecule has 2 rings (SSSR count). The molecule has 84 valence electrons. The minimum atomic E-state index is 0.768. The number of anilines is 1. The number of hydrogen-bond acceptors (Lipinski definition) is 2. The molecule has 0 aliphatic rings. The molecule has 0 aliphatic carbocycles. The first kappa shape index (κ1) is 11.4. The van der Waals surface area contributed by atoms with E-state index in [1.807, 2.05) is 18.2 Å². The van der Waals surface area contributed by atoms with Crippen molar-refractivity contribution in [3.63, 3.8) is 0 Å². The van der Waals surface area contributed by atoms with Crippen molar-refractivity contribution in [2.45, 2.75) is 11.4 Å². The molecule has 2 N–H and O–H groups in total. The normalized spacial score (nSPS) is 11.6. The molecular formula is C12H13ClN2S. The summed E-state index contributed by atoms with van der Waals surface area (Å²) in [4.78, 5) is 1.21. The third-order valence-electron chi connectivity index (χ3n) is 2.48. The number of thioether (sulfide) groups is 1. The Hall–Kier alpha value is -1.06. The number of halogens is 1. The SMILES string of the molecule is CSc1cc(N)cc2c1ccn2C/C=C/Cl. The number of allylic oxidation sites excluding steroid dienone is 1. The molecule has 4 heteroatoms. The van der Waals surface area contributed by atoms with Crippen LogP contribution in [0.4, 0.5) is 5.69 Å². The number of hydrogen-bond donors (Lipinski definition) is 1. The summed E-state index contributed by atoms with van der Waals surface area (Å²) in [7, 11) is 0. The fourth-order valence-corrected chi connectivity index (χ4v) is 2.49. The van der Waals surface area contributed by atoms with Crippen LogP contribution in [0, 0.1) is 0 Å². The van der Waals surface area contributed by atoms with Crippen LogP contribution in [-0.2, 0) is 6.54 Å². The Morgan fingerprint density at radius 3 is 3.00 bits per heavy atom. The first-order chi connectivity index (χ1) is 7.76. The Kier molecular flexibility index (Phi) is 3.46. The van der Waals surface area contributed by atoms with Gasteiger partial charge in [-0.2, -0.15) is 0 Å². The number of aromatic nitrogens is 1. The van der Waals surface area contributed by atoms with Crippen molar-refractivity contribution in [1.82, 2.24) is 4.57 Å². The van der Waals surface area contributed by atoms with Gasteiger partial charge in [-0.15, -0.1) is 11.8 Å². The van der Waals surface area contributed by atoms with Gasteiger partial charge in [0, 0.05) is 34.2 Å². The van der Waals surface area contributed by atoms with E-state index >= 15 is 0 Å². The fourth-order valence-electron chi connectivity index (χ4n) is 1.76. The second-order valence-electron chi connectivity index (χ2n) is 3.49. The molecule has 0 amide bonds. The average molecular weight is 253 g/mol. The van der Waals surface area contributed by atoms with Gasteiger partial charge in [-0.25, -0.2) is 0 Å². The van der Waals surface area contributed by atoms with Crippen molar-refractivity contribution in [2.24, 2.45) is 0 Å². The van der Waals surface area contributed by atoms with Gasteiger partial charge >= 0.3 is 0 Å². The van der Waals surface area contributed by atoms with E-state index in [0.717, 1.165) is 17.7 Å². The molecule has 0 radical (unpaired) electrons. The number of fused-ring (bicyclic) bond motifs is 1. The van der Waals surface area contributed by atoms with Crippen molar-refractivity contribution in [3.8, 4) is 0 Å². The highest BCUT2D eigenvalue weighted by atomic mass is 35.5. The van der Waals surface area contributed by atoms with E-state index in [0.29, 0.717) is 0 Å². The predicted molar refractivity (Wildman–Crippen MR) is 73.1 cm³/mol. The molecule has 0 bridgehead atoms. The second kappa shape index (κ2) is 4.85. The highest BCUT2D eigenvalue weighted by molar-refractivity contribution is 7.98. The molecule has 1 aromatic heterocycles. The molecule has 0 saturated carbocycles. The van der Waals surface area contributed by atoms with Gasteiger partial charge in [0.25, 0.3) is 0 Å². The summed E-state index contributed by atoms with van der Waals surface area (Å²) in [5, 5.41) is 1.24. The minimum absolute atomic E-state index is 0.768. The number of nitrogens with zero attached hydrogens (tertiary/aromatic N) is 1. The van der Waals surface area contributed by atoms with E-state index in [4.69, 9.17) is 17.3 Å². The lowest BCUT2D eigenvalue weighted by molar-refractivity contribution is 0.864. The van der Waals surface area contributed by atoms with Gasteiger partial charge in [0.15, 0.2) is 0 Å². The van der Waals surface area contributed by atoms with Crippen LogP contribution in [0.2, 0.25) is 0 Å². The number of benzene rings is 1.